The van der Waals surface area contributed by atoms with Crippen molar-refractivity contribution < 1.29 is 17.9 Å². The number of hydrogen-bond acceptors (Lipinski definition) is 2. The summed E-state index contributed by atoms with van der Waals surface area (Å²) in [4.78, 5) is 0. The van der Waals surface area contributed by atoms with Crippen molar-refractivity contribution in [2.75, 3.05) is 11.9 Å². The molecule has 0 spiro atoms. The van der Waals surface area contributed by atoms with Crippen molar-refractivity contribution in [3.63, 3.8) is 0 Å². The molecule has 0 atom stereocenters. The summed E-state index contributed by atoms with van der Waals surface area (Å²) in [6.45, 7) is 2.44. The first-order chi connectivity index (χ1) is 10.0. The van der Waals surface area contributed by atoms with Crippen LogP contribution in [-0.2, 0) is 12.7 Å². The lowest BCUT2D eigenvalue weighted by atomic mass is 10.1. The maximum absolute atomic E-state index is 12.9. The molecule has 0 radical (unpaired) electrons. The summed E-state index contributed by atoms with van der Waals surface area (Å²) in [5, 5.41) is 3.00. The highest BCUT2D eigenvalue weighted by Gasteiger charge is 2.32. The second-order valence-electron chi connectivity index (χ2n) is 4.44. The number of halogens is 3. The van der Waals surface area contributed by atoms with Crippen LogP contribution in [0.2, 0.25) is 0 Å². The molecule has 112 valence electrons. The molecule has 0 saturated heterocycles. The predicted molar refractivity (Wildman–Crippen MR) is 76.4 cm³/mol. The van der Waals surface area contributed by atoms with E-state index in [1.807, 2.05) is 13.0 Å². The van der Waals surface area contributed by atoms with Crippen molar-refractivity contribution in [1.82, 2.24) is 0 Å². The molecule has 0 amide bonds. The Hall–Kier alpha value is -2.17. The Morgan fingerprint density at radius 3 is 2.38 bits per heavy atom. The summed E-state index contributed by atoms with van der Waals surface area (Å²) in [5.74, 6) is 0.629. The molecule has 0 saturated carbocycles. The van der Waals surface area contributed by atoms with Crippen LogP contribution in [0.5, 0.6) is 5.75 Å². The van der Waals surface area contributed by atoms with E-state index in [0.717, 1.165) is 6.07 Å². The molecule has 0 aliphatic rings. The van der Waals surface area contributed by atoms with Crippen molar-refractivity contribution in [3.05, 3.63) is 59.7 Å². The number of hydrogen-bond donors (Lipinski definition) is 1. The Morgan fingerprint density at radius 2 is 1.67 bits per heavy atom. The van der Waals surface area contributed by atoms with E-state index in [2.05, 4.69) is 5.32 Å². The van der Waals surface area contributed by atoms with Gasteiger partial charge in [-0.15, -0.1) is 0 Å². The highest BCUT2D eigenvalue weighted by Crippen LogP contribution is 2.32. The van der Waals surface area contributed by atoms with Crippen molar-refractivity contribution in [2.45, 2.75) is 19.6 Å². The van der Waals surface area contributed by atoms with Gasteiger partial charge in [0.2, 0.25) is 0 Å². The van der Waals surface area contributed by atoms with E-state index in [1.54, 1.807) is 24.3 Å². The normalized spacial score (nSPS) is 11.2. The van der Waals surface area contributed by atoms with Gasteiger partial charge in [0.25, 0.3) is 0 Å². The van der Waals surface area contributed by atoms with E-state index >= 15 is 0 Å². The molecule has 2 aromatic carbocycles. The molecule has 0 bridgehead atoms. The van der Waals surface area contributed by atoms with Crippen LogP contribution >= 0.6 is 0 Å². The summed E-state index contributed by atoms with van der Waals surface area (Å²) < 4.78 is 44.2. The van der Waals surface area contributed by atoms with Gasteiger partial charge in [0, 0.05) is 6.54 Å². The molecule has 5 heteroatoms. The van der Waals surface area contributed by atoms with Crippen molar-refractivity contribution in [2.24, 2.45) is 0 Å². The summed E-state index contributed by atoms with van der Waals surface area (Å²) in [6, 6.07) is 12.7. The molecule has 0 aromatic heterocycles. The van der Waals surface area contributed by atoms with Crippen molar-refractivity contribution >= 4 is 5.69 Å². The van der Waals surface area contributed by atoms with Gasteiger partial charge < -0.3 is 10.1 Å². The van der Waals surface area contributed by atoms with Crippen LogP contribution in [0.1, 0.15) is 18.1 Å². The Labute approximate surface area is 121 Å². The molecule has 0 aliphatic carbocycles. The van der Waals surface area contributed by atoms with Gasteiger partial charge in [-0.05, 0) is 30.7 Å². The molecular formula is C16H16F3NO. The molecule has 0 unspecified atom stereocenters. The maximum Gasteiger partial charge on any atom is 0.416 e. The molecule has 0 heterocycles. The Bertz CT molecular complexity index is 596. The average molecular weight is 295 g/mol. The first-order valence-electron chi connectivity index (χ1n) is 6.63. The number of ether oxygens (including phenoxy) is 1. The summed E-state index contributed by atoms with van der Waals surface area (Å²) >= 11 is 0. The Balaban J connectivity index is 2.18. The monoisotopic (exact) mass is 295 g/mol. The third kappa shape index (κ3) is 3.90. The SMILES string of the molecule is CCOc1ccccc1NCc1ccccc1C(F)(F)F. The van der Waals surface area contributed by atoms with Crippen LogP contribution in [0, 0.1) is 0 Å². The van der Waals surface area contributed by atoms with E-state index in [-0.39, 0.29) is 12.1 Å². The fraction of sp³-hybridized carbons (Fsp3) is 0.250. The Morgan fingerprint density at radius 1 is 1.00 bits per heavy atom. The number of benzene rings is 2. The van der Waals surface area contributed by atoms with Crippen LogP contribution < -0.4 is 10.1 Å². The van der Waals surface area contributed by atoms with E-state index in [4.69, 9.17) is 4.74 Å². The van der Waals surface area contributed by atoms with Gasteiger partial charge in [-0.2, -0.15) is 13.2 Å². The summed E-state index contributed by atoms with van der Waals surface area (Å²) in [7, 11) is 0. The van der Waals surface area contributed by atoms with Crippen LogP contribution in [0.15, 0.2) is 48.5 Å². The molecular weight excluding hydrogens is 279 g/mol. The maximum atomic E-state index is 12.9. The third-order valence-electron chi connectivity index (χ3n) is 2.98. The molecule has 2 nitrogen and oxygen atoms in total. The Kier molecular flexibility index (Phi) is 4.73. The van der Waals surface area contributed by atoms with E-state index in [9.17, 15) is 13.2 Å². The van der Waals surface area contributed by atoms with Gasteiger partial charge in [0.15, 0.2) is 0 Å². The van der Waals surface area contributed by atoms with E-state index in [0.29, 0.717) is 18.0 Å². The van der Waals surface area contributed by atoms with Gasteiger partial charge in [-0.25, -0.2) is 0 Å². The lowest BCUT2D eigenvalue weighted by Gasteiger charge is -2.15. The first-order valence-corrected chi connectivity index (χ1v) is 6.63. The van der Waals surface area contributed by atoms with Crippen LogP contribution in [0.4, 0.5) is 18.9 Å². The fourth-order valence-electron chi connectivity index (χ4n) is 2.04. The van der Waals surface area contributed by atoms with E-state index in [1.165, 1.54) is 12.1 Å². The fourth-order valence-corrected chi connectivity index (χ4v) is 2.04. The van der Waals surface area contributed by atoms with Crippen molar-refractivity contribution in [1.29, 1.82) is 0 Å². The average Bonchev–Trinajstić information content (AvgIpc) is 2.46. The van der Waals surface area contributed by atoms with Crippen molar-refractivity contribution in [3.8, 4) is 5.75 Å². The van der Waals surface area contributed by atoms with E-state index < -0.39 is 11.7 Å². The lowest BCUT2D eigenvalue weighted by molar-refractivity contribution is -0.138. The smallest absolute Gasteiger partial charge is 0.416 e. The van der Waals surface area contributed by atoms with Gasteiger partial charge in [-0.1, -0.05) is 30.3 Å². The van der Waals surface area contributed by atoms with Crippen LogP contribution in [0.3, 0.4) is 0 Å². The highest BCUT2D eigenvalue weighted by molar-refractivity contribution is 5.56. The first kappa shape index (κ1) is 15.2. The molecule has 21 heavy (non-hydrogen) atoms. The number of nitrogens with one attached hydrogen (secondary N) is 1. The third-order valence-corrected chi connectivity index (χ3v) is 2.98. The summed E-state index contributed by atoms with van der Waals surface area (Å²) in [6.07, 6.45) is -4.35. The molecule has 0 aliphatic heterocycles. The zero-order valence-corrected chi connectivity index (χ0v) is 11.6. The molecule has 2 aromatic rings. The zero-order valence-electron chi connectivity index (χ0n) is 11.6. The quantitative estimate of drug-likeness (QED) is 0.862. The second-order valence-corrected chi connectivity index (χ2v) is 4.44. The lowest BCUT2D eigenvalue weighted by Crippen LogP contribution is -2.12. The summed E-state index contributed by atoms with van der Waals surface area (Å²) in [5.41, 5.74) is 0.263. The number of para-hydroxylation sites is 2. The van der Waals surface area contributed by atoms with Gasteiger partial charge in [0.05, 0.1) is 17.9 Å². The number of anilines is 1. The predicted octanol–water partition coefficient (Wildman–Crippen LogP) is 4.72. The highest BCUT2D eigenvalue weighted by atomic mass is 19.4. The molecule has 0 fully saturated rings. The molecule has 1 N–H and O–H groups in total. The van der Waals surface area contributed by atoms with Gasteiger partial charge >= 0.3 is 6.18 Å². The minimum Gasteiger partial charge on any atom is -0.492 e. The number of rotatable bonds is 5. The minimum absolute atomic E-state index is 0.0831. The largest absolute Gasteiger partial charge is 0.492 e. The minimum atomic E-state index is -4.35. The van der Waals surface area contributed by atoms with Gasteiger partial charge in [-0.3, -0.25) is 0 Å². The zero-order chi connectivity index (χ0) is 15.3. The van der Waals surface area contributed by atoms with Gasteiger partial charge in [0.1, 0.15) is 5.75 Å². The standard InChI is InChI=1S/C16H16F3NO/c1-2-21-15-10-6-5-9-14(15)20-11-12-7-3-4-8-13(12)16(17,18)19/h3-10,20H,2,11H2,1H3. The van der Waals surface area contributed by atoms with Crippen LogP contribution in [-0.4, -0.2) is 6.61 Å². The number of alkyl halides is 3. The molecule has 2 rings (SSSR count). The second kappa shape index (κ2) is 6.52. The topological polar surface area (TPSA) is 21.3 Å². The van der Waals surface area contributed by atoms with Crippen LogP contribution in [0.25, 0.3) is 0 Å².